The van der Waals surface area contributed by atoms with Crippen LogP contribution in [-0.2, 0) is 11.2 Å². The lowest BCUT2D eigenvalue weighted by atomic mass is 10.2. The minimum atomic E-state index is -0.0807. The van der Waals surface area contributed by atoms with Gasteiger partial charge in [-0.05, 0) is 44.2 Å². The number of hydrogen-bond donors (Lipinski definition) is 1. The van der Waals surface area contributed by atoms with Crippen molar-refractivity contribution in [3.8, 4) is 5.13 Å². The van der Waals surface area contributed by atoms with Crippen LogP contribution in [0.15, 0.2) is 35.7 Å². The summed E-state index contributed by atoms with van der Waals surface area (Å²) in [5.41, 5.74) is 4.60. The van der Waals surface area contributed by atoms with Crippen LogP contribution in [0.4, 0.5) is 11.4 Å². The molecule has 0 aliphatic carbocycles. The molecule has 1 aromatic carbocycles. The van der Waals surface area contributed by atoms with Crippen molar-refractivity contribution in [2.75, 3.05) is 24.3 Å². The Labute approximate surface area is 151 Å². The molecule has 1 N–H and O–H groups in total. The molecule has 0 aliphatic heterocycles. The Morgan fingerprint density at radius 3 is 2.56 bits per heavy atom. The van der Waals surface area contributed by atoms with Crippen LogP contribution >= 0.6 is 11.3 Å². The summed E-state index contributed by atoms with van der Waals surface area (Å²) in [6, 6.07) is 9.75. The number of hydrogen-bond acceptors (Lipinski definition) is 5. The third-order valence-electron chi connectivity index (χ3n) is 3.74. The lowest BCUT2D eigenvalue weighted by molar-refractivity contribution is -0.115. The van der Waals surface area contributed by atoms with Crippen molar-refractivity contribution in [3.05, 3.63) is 52.8 Å². The maximum Gasteiger partial charge on any atom is 0.230 e. The molecular weight excluding hydrogens is 334 g/mol. The fourth-order valence-electron chi connectivity index (χ4n) is 2.51. The molecule has 0 unspecified atom stereocenters. The van der Waals surface area contributed by atoms with E-state index in [1.165, 1.54) is 11.3 Å². The Morgan fingerprint density at radius 1 is 1.24 bits per heavy atom. The zero-order chi connectivity index (χ0) is 18.0. The quantitative estimate of drug-likeness (QED) is 0.763. The van der Waals surface area contributed by atoms with Crippen molar-refractivity contribution in [3.63, 3.8) is 0 Å². The van der Waals surface area contributed by atoms with E-state index < -0.39 is 0 Å². The average Bonchev–Trinajstić information content (AvgIpc) is 3.13. The smallest absolute Gasteiger partial charge is 0.230 e. The van der Waals surface area contributed by atoms with E-state index in [0.717, 1.165) is 33.6 Å². The van der Waals surface area contributed by atoms with E-state index in [-0.39, 0.29) is 12.3 Å². The van der Waals surface area contributed by atoms with Gasteiger partial charge in [0.2, 0.25) is 11.0 Å². The number of carbonyl (C=O) groups is 1. The Morgan fingerprint density at radius 2 is 1.96 bits per heavy atom. The monoisotopic (exact) mass is 355 g/mol. The molecule has 2 aromatic heterocycles. The van der Waals surface area contributed by atoms with Crippen molar-refractivity contribution >= 4 is 28.6 Å². The van der Waals surface area contributed by atoms with Gasteiger partial charge in [-0.15, -0.1) is 11.3 Å². The molecule has 25 heavy (non-hydrogen) atoms. The van der Waals surface area contributed by atoms with Crippen LogP contribution in [0.1, 0.15) is 17.1 Å². The van der Waals surface area contributed by atoms with Crippen LogP contribution in [0.2, 0.25) is 0 Å². The molecule has 3 rings (SSSR count). The topological polar surface area (TPSA) is 63.1 Å². The Bertz CT molecular complexity index is 879. The molecule has 0 saturated carbocycles. The minimum Gasteiger partial charge on any atom is -0.378 e. The molecule has 7 heteroatoms. The van der Waals surface area contributed by atoms with E-state index in [1.54, 1.807) is 4.68 Å². The molecule has 130 valence electrons. The van der Waals surface area contributed by atoms with Gasteiger partial charge in [0.25, 0.3) is 0 Å². The van der Waals surface area contributed by atoms with Gasteiger partial charge >= 0.3 is 0 Å². The van der Waals surface area contributed by atoms with Crippen LogP contribution in [0, 0.1) is 13.8 Å². The van der Waals surface area contributed by atoms with Gasteiger partial charge in [-0.25, -0.2) is 9.67 Å². The zero-order valence-corrected chi connectivity index (χ0v) is 15.6. The molecule has 0 fully saturated rings. The number of aromatic nitrogens is 3. The van der Waals surface area contributed by atoms with E-state index in [1.807, 2.05) is 68.6 Å². The number of rotatable bonds is 5. The minimum absolute atomic E-state index is 0.0807. The van der Waals surface area contributed by atoms with Crippen LogP contribution in [0.3, 0.4) is 0 Å². The lowest BCUT2D eigenvalue weighted by Gasteiger charge is -2.12. The average molecular weight is 355 g/mol. The molecular formula is C18H21N5OS. The number of nitrogens with zero attached hydrogens (tertiary/aromatic N) is 4. The van der Waals surface area contributed by atoms with E-state index in [2.05, 4.69) is 15.4 Å². The summed E-state index contributed by atoms with van der Waals surface area (Å²) in [5.74, 6) is -0.0807. The van der Waals surface area contributed by atoms with Gasteiger partial charge in [0.15, 0.2) is 0 Å². The largest absolute Gasteiger partial charge is 0.378 e. The second kappa shape index (κ2) is 7.06. The molecule has 2 heterocycles. The van der Waals surface area contributed by atoms with Gasteiger partial charge in [0.1, 0.15) is 0 Å². The molecule has 0 saturated heterocycles. The first kappa shape index (κ1) is 17.2. The van der Waals surface area contributed by atoms with E-state index in [0.29, 0.717) is 0 Å². The molecule has 0 radical (unpaired) electrons. The summed E-state index contributed by atoms with van der Waals surface area (Å²) in [4.78, 5) is 18.8. The Balaban J connectivity index is 1.64. The molecule has 0 aliphatic rings. The second-order valence-electron chi connectivity index (χ2n) is 6.13. The number of benzene rings is 1. The van der Waals surface area contributed by atoms with Crippen molar-refractivity contribution < 1.29 is 4.79 Å². The summed E-state index contributed by atoms with van der Waals surface area (Å²) in [6.45, 7) is 3.94. The first-order chi connectivity index (χ1) is 11.9. The maximum atomic E-state index is 12.2. The van der Waals surface area contributed by atoms with Crippen LogP contribution in [-0.4, -0.2) is 34.8 Å². The fraction of sp³-hybridized carbons (Fsp3) is 0.278. The predicted octanol–water partition coefficient (Wildman–Crippen LogP) is 3.19. The maximum absolute atomic E-state index is 12.2. The Kier molecular flexibility index (Phi) is 4.85. The van der Waals surface area contributed by atoms with Gasteiger partial charge in [-0.3, -0.25) is 4.79 Å². The summed E-state index contributed by atoms with van der Waals surface area (Å²) >= 11 is 1.49. The van der Waals surface area contributed by atoms with Gasteiger partial charge in [0.05, 0.1) is 17.8 Å². The van der Waals surface area contributed by atoms with Crippen molar-refractivity contribution in [2.45, 2.75) is 20.3 Å². The highest BCUT2D eigenvalue weighted by atomic mass is 32.1. The van der Waals surface area contributed by atoms with Crippen molar-refractivity contribution in [1.29, 1.82) is 0 Å². The highest BCUT2D eigenvalue weighted by molar-refractivity contribution is 7.12. The number of carbonyl (C=O) groups excluding carboxylic acids is 1. The summed E-state index contributed by atoms with van der Waals surface area (Å²) < 4.78 is 1.81. The highest BCUT2D eigenvalue weighted by Crippen LogP contribution is 2.19. The second-order valence-corrected chi connectivity index (χ2v) is 6.96. The molecule has 1 amide bonds. The van der Waals surface area contributed by atoms with Crippen LogP contribution in [0.25, 0.3) is 5.13 Å². The number of nitrogens with one attached hydrogen (secondary N) is 1. The number of thiazole rings is 1. The van der Waals surface area contributed by atoms with E-state index in [4.69, 9.17) is 0 Å². The van der Waals surface area contributed by atoms with Crippen molar-refractivity contribution in [1.82, 2.24) is 14.8 Å². The number of anilines is 2. The normalized spacial score (nSPS) is 10.7. The van der Waals surface area contributed by atoms with Gasteiger partial charge in [-0.1, -0.05) is 0 Å². The highest BCUT2D eigenvalue weighted by Gasteiger charge is 2.11. The summed E-state index contributed by atoms with van der Waals surface area (Å²) in [7, 11) is 3.96. The first-order valence-corrected chi connectivity index (χ1v) is 8.85. The summed E-state index contributed by atoms with van der Waals surface area (Å²) in [6.07, 6.45) is 0.241. The molecule has 6 nitrogen and oxygen atoms in total. The van der Waals surface area contributed by atoms with Gasteiger partial charge in [0, 0.05) is 36.5 Å². The number of aryl methyl sites for hydroxylation is 2. The lowest BCUT2D eigenvalue weighted by Crippen LogP contribution is -2.15. The Hall–Kier alpha value is -2.67. The first-order valence-electron chi connectivity index (χ1n) is 7.97. The van der Waals surface area contributed by atoms with E-state index in [9.17, 15) is 4.79 Å². The van der Waals surface area contributed by atoms with E-state index >= 15 is 0 Å². The van der Waals surface area contributed by atoms with Gasteiger partial charge < -0.3 is 10.2 Å². The van der Waals surface area contributed by atoms with Crippen molar-refractivity contribution in [2.24, 2.45) is 0 Å². The number of amides is 1. The molecule has 0 spiro atoms. The predicted molar refractivity (Wildman–Crippen MR) is 102 cm³/mol. The van der Waals surface area contributed by atoms with Gasteiger partial charge in [-0.2, -0.15) is 5.10 Å². The van der Waals surface area contributed by atoms with Crippen LogP contribution < -0.4 is 10.2 Å². The molecule has 3 aromatic rings. The standard InChI is InChI=1S/C18H21N5OS/c1-12-9-13(2)23(21-12)18-20-15(11-25-18)10-17(24)19-14-5-7-16(8-6-14)22(3)4/h5-9,11H,10H2,1-4H3,(H,19,24). The fourth-order valence-corrected chi connectivity index (χ4v) is 3.34. The van der Waals surface area contributed by atoms with Crippen LogP contribution in [0.5, 0.6) is 0 Å². The third-order valence-corrected chi connectivity index (χ3v) is 4.60. The SMILES string of the molecule is Cc1cc(C)n(-c2nc(CC(=O)Nc3ccc(N(C)C)cc3)cs2)n1. The molecule has 0 bridgehead atoms. The zero-order valence-electron chi connectivity index (χ0n) is 14.8. The third kappa shape index (κ3) is 4.06. The summed E-state index contributed by atoms with van der Waals surface area (Å²) in [5, 5.41) is 10.0. The molecule has 0 atom stereocenters.